The molecule has 0 unspecified atom stereocenters. The molecule has 9 heteroatoms. The van der Waals surface area contributed by atoms with Gasteiger partial charge in [0.05, 0.1) is 13.2 Å². The lowest BCUT2D eigenvalue weighted by molar-refractivity contribution is -0.116. The molecule has 0 radical (unpaired) electrons. The Hall–Kier alpha value is -0.910. The fraction of sp³-hybridized carbons (Fsp3) is 0.529. The molecule has 1 aromatic rings. The van der Waals surface area contributed by atoms with Crippen LogP contribution >= 0.6 is 39.9 Å². The predicted octanol–water partition coefficient (Wildman–Crippen LogP) is 2.02. The van der Waals surface area contributed by atoms with Gasteiger partial charge >= 0.3 is 0 Å². The van der Waals surface area contributed by atoms with Crippen molar-refractivity contribution >= 4 is 57.5 Å². The molecule has 2 rings (SSSR count). The average Bonchev–Trinajstić information content (AvgIpc) is 2.62. The molecule has 1 aliphatic rings. The summed E-state index contributed by atoms with van der Waals surface area (Å²) in [7, 11) is 0. The molecule has 26 heavy (non-hydrogen) atoms. The molecule has 146 valence electrons. The fourth-order valence-corrected chi connectivity index (χ4v) is 2.70. The van der Waals surface area contributed by atoms with Crippen LogP contribution in [0.1, 0.15) is 12.8 Å². The Morgan fingerprint density at radius 2 is 1.96 bits per heavy atom. The number of ether oxygens (including phenoxy) is 1. The minimum atomic E-state index is -0.0602. The van der Waals surface area contributed by atoms with Gasteiger partial charge in [-0.1, -0.05) is 15.9 Å². The zero-order valence-electron chi connectivity index (χ0n) is 14.7. The topological polar surface area (TPSA) is 92.0 Å². The minimum Gasteiger partial charge on any atom is -0.379 e. The molecule has 1 saturated heterocycles. The predicted molar refractivity (Wildman–Crippen MR) is 119 cm³/mol. The summed E-state index contributed by atoms with van der Waals surface area (Å²) in [5.41, 5.74) is 6.59. The van der Waals surface area contributed by atoms with Crippen LogP contribution in [0.4, 0.5) is 5.69 Å². The lowest BCUT2D eigenvalue weighted by atomic mass is 10.3. The Kier molecular flexibility index (Phi) is 11.8. The van der Waals surface area contributed by atoms with Gasteiger partial charge in [0, 0.05) is 49.3 Å². The van der Waals surface area contributed by atoms with Gasteiger partial charge in [-0.3, -0.25) is 14.7 Å². The number of morpholine rings is 1. The van der Waals surface area contributed by atoms with Crippen LogP contribution in [0.3, 0.4) is 0 Å². The van der Waals surface area contributed by atoms with Crippen LogP contribution in [0.25, 0.3) is 0 Å². The monoisotopic (exact) mass is 539 g/mol. The Balaban J connectivity index is 0.00000338. The van der Waals surface area contributed by atoms with E-state index in [2.05, 4.69) is 36.5 Å². The van der Waals surface area contributed by atoms with Crippen LogP contribution in [0, 0.1) is 0 Å². The van der Waals surface area contributed by atoms with Crippen molar-refractivity contribution < 1.29 is 9.53 Å². The molecule has 0 atom stereocenters. The summed E-state index contributed by atoms with van der Waals surface area (Å²) in [6.45, 7) is 5.76. The molecule has 0 bridgehead atoms. The maximum Gasteiger partial charge on any atom is 0.226 e. The van der Waals surface area contributed by atoms with Crippen molar-refractivity contribution in [1.29, 1.82) is 0 Å². The summed E-state index contributed by atoms with van der Waals surface area (Å²) in [5, 5.41) is 5.81. The Labute approximate surface area is 180 Å². The number of hydrogen-bond acceptors (Lipinski definition) is 4. The van der Waals surface area contributed by atoms with Crippen LogP contribution < -0.4 is 16.4 Å². The number of benzene rings is 1. The number of guanidine groups is 1. The Morgan fingerprint density at radius 1 is 1.27 bits per heavy atom. The molecule has 1 amide bonds. The third-order valence-electron chi connectivity index (χ3n) is 3.80. The maximum absolute atomic E-state index is 11.9. The average molecular weight is 540 g/mol. The molecular formula is C17H27BrIN5O2. The highest BCUT2D eigenvalue weighted by molar-refractivity contribution is 14.0. The smallest absolute Gasteiger partial charge is 0.226 e. The first-order chi connectivity index (χ1) is 12.1. The van der Waals surface area contributed by atoms with Crippen molar-refractivity contribution in [3.05, 3.63) is 28.7 Å². The molecule has 7 nitrogen and oxygen atoms in total. The van der Waals surface area contributed by atoms with E-state index in [0.29, 0.717) is 25.5 Å². The van der Waals surface area contributed by atoms with E-state index in [-0.39, 0.29) is 29.9 Å². The number of aliphatic imine (C=N–C) groups is 1. The van der Waals surface area contributed by atoms with Crippen molar-refractivity contribution in [3.63, 3.8) is 0 Å². The highest BCUT2D eigenvalue weighted by atomic mass is 127. The summed E-state index contributed by atoms with van der Waals surface area (Å²) >= 11 is 3.36. The number of hydrogen-bond donors (Lipinski definition) is 3. The standard InChI is InChI=1S/C17H26BrN5O2.HI/c18-14-2-4-15(5-3-14)22-16(24)6-8-21-17(19)20-7-1-9-23-10-12-25-13-11-23;/h2-5H,1,6-13H2,(H,22,24)(H3,19,20,21);1H. The second-order valence-electron chi connectivity index (χ2n) is 5.81. The lowest BCUT2D eigenvalue weighted by Crippen LogP contribution is -2.37. The molecule has 0 aromatic heterocycles. The number of nitrogens with one attached hydrogen (secondary N) is 2. The zero-order chi connectivity index (χ0) is 17.9. The molecule has 4 N–H and O–H groups in total. The van der Waals surface area contributed by atoms with Gasteiger partial charge in [-0.05, 0) is 30.7 Å². The van der Waals surface area contributed by atoms with Crippen LogP contribution in [0.2, 0.25) is 0 Å². The fourth-order valence-electron chi connectivity index (χ4n) is 2.44. The van der Waals surface area contributed by atoms with E-state index in [0.717, 1.165) is 49.4 Å². The summed E-state index contributed by atoms with van der Waals surface area (Å²) in [4.78, 5) is 18.5. The molecule has 1 aromatic carbocycles. The van der Waals surface area contributed by atoms with Crippen LogP contribution in [0.15, 0.2) is 33.7 Å². The number of carbonyl (C=O) groups excluding carboxylic acids is 1. The number of rotatable bonds is 8. The molecule has 0 spiro atoms. The molecule has 0 aliphatic carbocycles. The summed E-state index contributed by atoms with van der Waals surface area (Å²) in [6.07, 6.45) is 1.30. The van der Waals surface area contributed by atoms with E-state index in [1.807, 2.05) is 24.3 Å². The van der Waals surface area contributed by atoms with Gasteiger partial charge in [0.2, 0.25) is 5.91 Å². The van der Waals surface area contributed by atoms with E-state index in [1.54, 1.807) is 0 Å². The van der Waals surface area contributed by atoms with Crippen molar-refractivity contribution in [2.24, 2.45) is 10.7 Å². The lowest BCUT2D eigenvalue weighted by Gasteiger charge is -2.26. The van der Waals surface area contributed by atoms with Gasteiger partial charge in [-0.2, -0.15) is 0 Å². The normalized spacial score (nSPS) is 15.2. The van der Waals surface area contributed by atoms with Crippen molar-refractivity contribution in [2.75, 3.05) is 51.3 Å². The number of carbonyl (C=O) groups is 1. The SMILES string of the molecule is I.NC(=NCCCN1CCOCC1)NCCC(=O)Nc1ccc(Br)cc1. The second-order valence-corrected chi connectivity index (χ2v) is 6.72. The van der Waals surface area contributed by atoms with E-state index < -0.39 is 0 Å². The number of amides is 1. The Bertz CT molecular complexity index is 565. The van der Waals surface area contributed by atoms with Gasteiger partial charge in [0.1, 0.15) is 0 Å². The van der Waals surface area contributed by atoms with E-state index >= 15 is 0 Å². The maximum atomic E-state index is 11.9. The second kappa shape index (κ2) is 13.3. The van der Waals surface area contributed by atoms with Crippen LogP contribution in [-0.2, 0) is 9.53 Å². The Morgan fingerprint density at radius 3 is 2.65 bits per heavy atom. The van der Waals surface area contributed by atoms with E-state index in [4.69, 9.17) is 10.5 Å². The molecule has 0 saturated carbocycles. The molecule has 1 fully saturated rings. The van der Waals surface area contributed by atoms with Crippen LogP contribution in [0.5, 0.6) is 0 Å². The summed E-state index contributed by atoms with van der Waals surface area (Å²) < 4.78 is 6.29. The highest BCUT2D eigenvalue weighted by Gasteiger charge is 2.08. The van der Waals surface area contributed by atoms with Gasteiger partial charge in [0.25, 0.3) is 0 Å². The van der Waals surface area contributed by atoms with Gasteiger partial charge < -0.3 is 21.1 Å². The summed E-state index contributed by atoms with van der Waals surface area (Å²) in [5.74, 6) is 0.327. The van der Waals surface area contributed by atoms with E-state index in [9.17, 15) is 4.79 Å². The van der Waals surface area contributed by atoms with Crippen molar-refractivity contribution in [1.82, 2.24) is 10.2 Å². The quantitative estimate of drug-likeness (QED) is 0.203. The first kappa shape index (κ1) is 23.1. The summed E-state index contributed by atoms with van der Waals surface area (Å²) in [6, 6.07) is 7.46. The minimum absolute atomic E-state index is 0. The molecule has 1 heterocycles. The number of anilines is 1. The number of halogens is 2. The first-order valence-corrected chi connectivity index (χ1v) is 9.32. The third kappa shape index (κ3) is 9.70. The van der Waals surface area contributed by atoms with Gasteiger partial charge in [0.15, 0.2) is 5.96 Å². The molecule has 1 aliphatic heterocycles. The van der Waals surface area contributed by atoms with Crippen molar-refractivity contribution in [3.8, 4) is 0 Å². The third-order valence-corrected chi connectivity index (χ3v) is 4.33. The number of nitrogens with zero attached hydrogens (tertiary/aromatic N) is 2. The molecular weight excluding hydrogens is 513 g/mol. The first-order valence-electron chi connectivity index (χ1n) is 8.53. The number of nitrogens with two attached hydrogens (primary N) is 1. The van der Waals surface area contributed by atoms with Gasteiger partial charge in [-0.25, -0.2) is 0 Å². The van der Waals surface area contributed by atoms with Crippen LogP contribution in [-0.4, -0.2) is 62.7 Å². The highest BCUT2D eigenvalue weighted by Crippen LogP contribution is 2.14. The largest absolute Gasteiger partial charge is 0.379 e. The van der Waals surface area contributed by atoms with Gasteiger partial charge in [-0.15, -0.1) is 24.0 Å². The van der Waals surface area contributed by atoms with E-state index in [1.165, 1.54) is 0 Å². The van der Waals surface area contributed by atoms with Crippen molar-refractivity contribution in [2.45, 2.75) is 12.8 Å². The zero-order valence-corrected chi connectivity index (χ0v) is 18.7.